The Morgan fingerprint density at radius 2 is 1.88 bits per heavy atom. The van der Waals surface area contributed by atoms with Crippen LogP contribution in [0.1, 0.15) is 31.2 Å². The van der Waals surface area contributed by atoms with Crippen molar-refractivity contribution in [2.75, 3.05) is 19.6 Å². The average Bonchev–Trinajstić information content (AvgIpc) is 2.33. The summed E-state index contributed by atoms with van der Waals surface area (Å²) in [7, 11) is 0. The van der Waals surface area contributed by atoms with Crippen LogP contribution in [0, 0.1) is 0 Å². The van der Waals surface area contributed by atoms with Crippen molar-refractivity contribution < 1.29 is 5.11 Å². The summed E-state index contributed by atoms with van der Waals surface area (Å²) in [5, 5.41) is 9.45. The van der Waals surface area contributed by atoms with Gasteiger partial charge in [0.1, 0.15) is 0 Å². The lowest BCUT2D eigenvalue weighted by molar-refractivity contribution is 0.0803. The van der Waals surface area contributed by atoms with Gasteiger partial charge in [0, 0.05) is 19.6 Å². The summed E-state index contributed by atoms with van der Waals surface area (Å²) in [6.07, 6.45) is 1.80. The zero-order chi connectivity index (χ0) is 11.4. The zero-order valence-corrected chi connectivity index (χ0v) is 9.97. The van der Waals surface area contributed by atoms with Crippen LogP contribution < -0.4 is 0 Å². The maximum Gasteiger partial charge on any atom is 0.0564 e. The van der Waals surface area contributed by atoms with Gasteiger partial charge in [-0.1, -0.05) is 37.3 Å². The van der Waals surface area contributed by atoms with Crippen molar-refractivity contribution in [3.63, 3.8) is 0 Å². The van der Waals surface area contributed by atoms with E-state index < -0.39 is 0 Å². The van der Waals surface area contributed by atoms with Gasteiger partial charge in [-0.25, -0.2) is 0 Å². The summed E-state index contributed by atoms with van der Waals surface area (Å²) in [5.74, 6) is 0.580. The fourth-order valence-electron chi connectivity index (χ4n) is 2.38. The van der Waals surface area contributed by atoms with E-state index in [1.54, 1.807) is 0 Å². The van der Waals surface area contributed by atoms with Crippen LogP contribution in [-0.4, -0.2) is 35.7 Å². The van der Waals surface area contributed by atoms with E-state index in [9.17, 15) is 5.11 Å². The quantitative estimate of drug-likeness (QED) is 0.843. The first-order valence-corrected chi connectivity index (χ1v) is 6.21. The van der Waals surface area contributed by atoms with Crippen molar-refractivity contribution in [3.05, 3.63) is 35.9 Å². The van der Waals surface area contributed by atoms with Crippen LogP contribution in [-0.2, 0) is 0 Å². The van der Waals surface area contributed by atoms with Gasteiger partial charge in [-0.2, -0.15) is 0 Å². The van der Waals surface area contributed by atoms with Crippen molar-refractivity contribution in [1.82, 2.24) is 4.90 Å². The molecule has 1 saturated heterocycles. The molecule has 1 fully saturated rings. The predicted molar refractivity (Wildman–Crippen MR) is 66.5 cm³/mol. The Kier molecular flexibility index (Phi) is 3.97. The highest BCUT2D eigenvalue weighted by molar-refractivity contribution is 5.19. The Hall–Kier alpha value is -0.860. The molecule has 1 N–H and O–H groups in total. The van der Waals surface area contributed by atoms with Gasteiger partial charge < -0.3 is 10.0 Å². The van der Waals surface area contributed by atoms with E-state index in [4.69, 9.17) is 0 Å². The number of nitrogens with zero attached hydrogens (tertiary/aromatic N) is 1. The van der Waals surface area contributed by atoms with Crippen LogP contribution in [0.4, 0.5) is 0 Å². The van der Waals surface area contributed by atoms with Crippen LogP contribution >= 0.6 is 0 Å². The minimum absolute atomic E-state index is 0.0664. The number of hydrogen-bond donors (Lipinski definition) is 1. The smallest absolute Gasteiger partial charge is 0.0564 e. The van der Waals surface area contributed by atoms with Crippen LogP contribution in [0.25, 0.3) is 0 Å². The molecule has 1 aromatic rings. The Balaban J connectivity index is 1.86. The van der Waals surface area contributed by atoms with Crippen LogP contribution in [0.3, 0.4) is 0 Å². The molecule has 16 heavy (non-hydrogen) atoms. The third kappa shape index (κ3) is 3.06. The number of likely N-dealkylation sites (tertiary alicyclic amines) is 1. The van der Waals surface area contributed by atoms with E-state index in [2.05, 4.69) is 42.2 Å². The largest absolute Gasteiger partial charge is 0.393 e. The Morgan fingerprint density at radius 1 is 1.25 bits per heavy atom. The van der Waals surface area contributed by atoms with Crippen LogP contribution in [0.2, 0.25) is 0 Å². The Morgan fingerprint density at radius 3 is 2.50 bits per heavy atom. The van der Waals surface area contributed by atoms with E-state index in [0.717, 1.165) is 32.5 Å². The SMILES string of the molecule is C[C@H](CN1CCC(O)CC1)c1ccccc1. The van der Waals surface area contributed by atoms with Crippen LogP contribution in [0.5, 0.6) is 0 Å². The molecule has 1 heterocycles. The molecule has 2 heteroatoms. The fraction of sp³-hybridized carbons (Fsp3) is 0.571. The molecule has 2 nitrogen and oxygen atoms in total. The van der Waals surface area contributed by atoms with E-state index in [1.807, 2.05) is 0 Å². The molecule has 0 radical (unpaired) electrons. The number of piperidine rings is 1. The molecular formula is C14H21NO. The molecule has 1 aromatic carbocycles. The Bertz CT molecular complexity index is 304. The first-order valence-electron chi connectivity index (χ1n) is 6.21. The third-order valence-corrected chi connectivity index (χ3v) is 3.46. The van der Waals surface area contributed by atoms with Crippen LogP contribution in [0.15, 0.2) is 30.3 Å². The average molecular weight is 219 g/mol. The first-order chi connectivity index (χ1) is 7.75. The highest BCUT2D eigenvalue weighted by Gasteiger charge is 2.18. The molecule has 2 rings (SSSR count). The number of benzene rings is 1. The standard InChI is InChI=1S/C14H21NO/c1-12(13-5-3-2-4-6-13)11-15-9-7-14(16)8-10-15/h2-6,12,14,16H,7-11H2,1H3/t12-/m1/s1. The van der Waals surface area contributed by atoms with Crippen molar-refractivity contribution in [2.24, 2.45) is 0 Å². The normalized spacial score (nSPS) is 20.9. The molecule has 0 bridgehead atoms. The summed E-state index contributed by atoms with van der Waals surface area (Å²) in [4.78, 5) is 2.46. The van der Waals surface area contributed by atoms with Gasteiger partial charge in [-0.15, -0.1) is 0 Å². The lowest BCUT2D eigenvalue weighted by Crippen LogP contribution is -2.37. The summed E-state index contributed by atoms with van der Waals surface area (Å²) < 4.78 is 0. The van der Waals surface area contributed by atoms with Gasteiger partial charge in [-0.05, 0) is 24.3 Å². The summed E-state index contributed by atoms with van der Waals surface area (Å²) >= 11 is 0. The van der Waals surface area contributed by atoms with E-state index >= 15 is 0 Å². The molecule has 88 valence electrons. The molecule has 0 saturated carbocycles. The lowest BCUT2D eigenvalue weighted by Gasteiger charge is -2.31. The van der Waals surface area contributed by atoms with Gasteiger partial charge in [0.15, 0.2) is 0 Å². The second kappa shape index (κ2) is 5.46. The van der Waals surface area contributed by atoms with Crippen molar-refractivity contribution in [1.29, 1.82) is 0 Å². The molecule has 0 unspecified atom stereocenters. The van der Waals surface area contributed by atoms with Gasteiger partial charge >= 0.3 is 0 Å². The molecular weight excluding hydrogens is 198 g/mol. The molecule has 0 amide bonds. The molecule has 0 aliphatic carbocycles. The van der Waals surface area contributed by atoms with Crippen molar-refractivity contribution >= 4 is 0 Å². The van der Waals surface area contributed by atoms with Gasteiger partial charge in [0.2, 0.25) is 0 Å². The molecule has 0 spiro atoms. The maximum absolute atomic E-state index is 9.45. The minimum Gasteiger partial charge on any atom is -0.393 e. The van der Waals surface area contributed by atoms with Gasteiger partial charge in [0.25, 0.3) is 0 Å². The van der Waals surface area contributed by atoms with E-state index in [1.165, 1.54) is 5.56 Å². The number of hydrogen-bond acceptors (Lipinski definition) is 2. The number of aliphatic hydroxyl groups is 1. The Labute approximate surface area is 97.9 Å². The van der Waals surface area contributed by atoms with Gasteiger partial charge in [0.05, 0.1) is 6.10 Å². The zero-order valence-electron chi connectivity index (χ0n) is 9.97. The van der Waals surface area contributed by atoms with E-state index in [0.29, 0.717) is 5.92 Å². The monoisotopic (exact) mass is 219 g/mol. The maximum atomic E-state index is 9.45. The number of aliphatic hydroxyl groups excluding tert-OH is 1. The lowest BCUT2D eigenvalue weighted by atomic mass is 9.99. The molecule has 1 atom stereocenters. The second-order valence-electron chi connectivity index (χ2n) is 4.84. The highest BCUT2D eigenvalue weighted by atomic mass is 16.3. The van der Waals surface area contributed by atoms with Gasteiger partial charge in [-0.3, -0.25) is 0 Å². The predicted octanol–water partition coefficient (Wildman–Crippen LogP) is 2.25. The van der Waals surface area contributed by atoms with E-state index in [-0.39, 0.29) is 6.10 Å². The first kappa shape index (κ1) is 11.6. The highest BCUT2D eigenvalue weighted by Crippen LogP contribution is 2.18. The summed E-state index contributed by atoms with van der Waals surface area (Å²) in [6, 6.07) is 10.7. The minimum atomic E-state index is -0.0664. The molecule has 0 aromatic heterocycles. The number of rotatable bonds is 3. The van der Waals surface area contributed by atoms with Crippen molar-refractivity contribution in [3.8, 4) is 0 Å². The molecule has 1 aliphatic rings. The topological polar surface area (TPSA) is 23.5 Å². The summed E-state index contributed by atoms with van der Waals surface area (Å²) in [5.41, 5.74) is 1.41. The fourth-order valence-corrected chi connectivity index (χ4v) is 2.38. The summed E-state index contributed by atoms with van der Waals surface area (Å²) in [6.45, 7) is 5.47. The second-order valence-corrected chi connectivity index (χ2v) is 4.84. The van der Waals surface area contributed by atoms with Crippen molar-refractivity contribution in [2.45, 2.75) is 31.8 Å². The third-order valence-electron chi connectivity index (χ3n) is 3.46. The molecule has 1 aliphatic heterocycles.